The molecule has 2 aromatic rings. The van der Waals surface area contributed by atoms with Gasteiger partial charge in [0.05, 0.1) is 13.2 Å². The van der Waals surface area contributed by atoms with Crippen LogP contribution < -0.4 is 5.69 Å². The summed E-state index contributed by atoms with van der Waals surface area (Å²) in [7, 11) is 1.62. The van der Waals surface area contributed by atoms with Crippen molar-refractivity contribution in [3.8, 4) is 0 Å². The van der Waals surface area contributed by atoms with Gasteiger partial charge in [0.15, 0.2) is 0 Å². The summed E-state index contributed by atoms with van der Waals surface area (Å²) in [6, 6.07) is 9.66. The molecule has 0 spiro atoms. The summed E-state index contributed by atoms with van der Waals surface area (Å²) in [4.78, 5) is 27.5. The number of likely N-dealkylation sites (tertiary alicyclic amines) is 1. The summed E-state index contributed by atoms with van der Waals surface area (Å²) in [6.45, 7) is 2.29. The Kier molecular flexibility index (Phi) is 5.11. The summed E-state index contributed by atoms with van der Waals surface area (Å²) >= 11 is 0. The van der Waals surface area contributed by atoms with Crippen LogP contribution in [0, 0.1) is 0 Å². The Hall–Kier alpha value is -2.41. The zero-order chi connectivity index (χ0) is 18.8. The first-order chi connectivity index (χ1) is 13.2. The van der Waals surface area contributed by atoms with E-state index in [9.17, 15) is 9.59 Å². The van der Waals surface area contributed by atoms with Gasteiger partial charge in [-0.2, -0.15) is 5.10 Å². The van der Waals surface area contributed by atoms with E-state index in [0.29, 0.717) is 25.3 Å². The Balaban J connectivity index is 1.58. The molecule has 1 amide bonds. The van der Waals surface area contributed by atoms with Crippen molar-refractivity contribution in [3.63, 3.8) is 0 Å². The maximum absolute atomic E-state index is 12.8. The maximum Gasteiger partial charge on any atom is 0.346 e. The first-order valence-corrected chi connectivity index (χ1v) is 9.71. The van der Waals surface area contributed by atoms with Gasteiger partial charge in [-0.15, -0.1) is 0 Å². The Bertz CT molecular complexity index is 854. The Morgan fingerprint density at radius 2 is 2.00 bits per heavy atom. The molecular formula is C20H26N4O3. The van der Waals surface area contributed by atoms with Gasteiger partial charge in [0.2, 0.25) is 0 Å². The maximum atomic E-state index is 12.8. The topological polar surface area (TPSA) is 69.4 Å². The van der Waals surface area contributed by atoms with Gasteiger partial charge >= 0.3 is 5.69 Å². The number of benzene rings is 1. The standard InChI is InChI=1S/C20H26N4O3/c1-27-13-12-23-20(26)24(17-9-10-17)18(21-23)16-8-5-11-22(14-16)19(25)15-6-3-2-4-7-15/h2-4,6-7,16-17H,5,8-14H2,1H3. The summed E-state index contributed by atoms with van der Waals surface area (Å²) in [6.07, 6.45) is 3.93. The summed E-state index contributed by atoms with van der Waals surface area (Å²) in [5, 5.41) is 4.65. The van der Waals surface area contributed by atoms with Gasteiger partial charge in [0.1, 0.15) is 5.82 Å². The number of piperidine rings is 1. The van der Waals surface area contributed by atoms with Gasteiger partial charge < -0.3 is 9.64 Å². The molecule has 2 aliphatic rings. The highest BCUT2D eigenvalue weighted by Gasteiger charge is 2.35. The number of carbonyl (C=O) groups excluding carboxylic acids is 1. The second-order valence-electron chi connectivity index (χ2n) is 7.41. The molecule has 1 aliphatic carbocycles. The predicted octanol–water partition coefficient (Wildman–Crippen LogP) is 2.05. The van der Waals surface area contributed by atoms with Crippen LogP contribution in [0.25, 0.3) is 0 Å². The lowest BCUT2D eigenvalue weighted by molar-refractivity contribution is 0.0703. The van der Waals surface area contributed by atoms with Crippen LogP contribution in [0.1, 0.15) is 53.8 Å². The molecule has 1 aromatic heterocycles. The van der Waals surface area contributed by atoms with E-state index in [2.05, 4.69) is 5.10 Å². The van der Waals surface area contributed by atoms with E-state index < -0.39 is 0 Å². The van der Waals surface area contributed by atoms with Crippen molar-refractivity contribution < 1.29 is 9.53 Å². The number of aromatic nitrogens is 3. The fraction of sp³-hybridized carbons (Fsp3) is 0.550. The third kappa shape index (κ3) is 3.69. The molecule has 1 aromatic carbocycles. The fourth-order valence-electron chi connectivity index (χ4n) is 3.85. The van der Waals surface area contributed by atoms with Crippen LogP contribution in [0.3, 0.4) is 0 Å². The zero-order valence-electron chi connectivity index (χ0n) is 15.7. The average molecular weight is 370 g/mol. The first-order valence-electron chi connectivity index (χ1n) is 9.71. The zero-order valence-corrected chi connectivity index (χ0v) is 15.7. The molecular weight excluding hydrogens is 344 g/mol. The number of hydrogen-bond donors (Lipinski definition) is 0. The molecule has 1 unspecified atom stereocenters. The van der Waals surface area contributed by atoms with Gasteiger partial charge in [-0.3, -0.25) is 9.36 Å². The molecule has 2 fully saturated rings. The number of nitrogens with zero attached hydrogens (tertiary/aromatic N) is 4. The molecule has 7 nitrogen and oxygen atoms in total. The van der Waals surface area contributed by atoms with Gasteiger partial charge in [-0.1, -0.05) is 18.2 Å². The molecule has 144 valence electrons. The minimum Gasteiger partial charge on any atom is -0.383 e. The second-order valence-corrected chi connectivity index (χ2v) is 7.41. The smallest absolute Gasteiger partial charge is 0.346 e. The summed E-state index contributed by atoms with van der Waals surface area (Å²) in [5.41, 5.74) is 0.666. The lowest BCUT2D eigenvalue weighted by atomic mass is 9.96. The van der Waals surface area contributed by atoms with E-state index in [1.807, 2.05) is 39.8 Å². The lowest BCUT2D eigenvalue weighted by Crippen LogP contribution is -2.40. The van der Waals surface area contributed by atoms with Crippen molar-refractivity contribution in [1.29, 1.82) is 0 Å². The molecule has 27 heavy (non-hydrogen) atoms. The quantitative estimate of drug-likeness (QED) is 0.780. The van der Waals surface area contributed by atoms with Crippen LogP contribution in [0.4, 0.5) is 0 Å². The third-order valence-electron chi connectivity index (χ3n) is 5.41. The van der Waals surface area contributed by atoms with E-state index in [0.717, 1.165) is 38.1 Å². The van der Waals surface area contributed by atoms with Crippen LogP contribution in [-0.4, -0.2) is 52.0 Å². The number of carbonyl (C=O) groups is 1. The minimum atomic E-state index is -0.0453. The molecule has 2 heterocycles. The van der Waals surface area contributed by atoms with E-state index >= 15 is 0 Å². The highest BCUT2D eigenvalue weighted by atomic mass is 16.5. The normalized spacial score (nSPS) is 20.0. The van der Waals surface area contributed by atoms with Crippen LogP contribution in [-0.2, 0) is 11.3 Å². The molecule has 0 N–H and O–H groups in total. The Labute approximate surface area is 158 Å². The van der Waals surface area contributed by atoms with Gasteiger partial charge in [-0.05, 0) is 37.8 Å². The largest absolute Gasteiger partial charge is 0.383 e. The third-order valence-corrected chi connectivity index (χ3v) is 5.41. The van der Waals surface area contributed by atoms with Crippen molar-refractivity contribution in [1.82, 2.24) is 19.2 Å². The SMILES string of the molecule is COCCn1nc(C2CCCN(C(=O)c3ccccc3)C2)n(C2CC2)c1=O. The highest BCUT2D eigenvalue weighted by molar-refractivity contribution is 5.94. The molecule has 4 rings (SSSR count). The fourth-order valence-corrected chi connectivity index (χ4v) is 3.85. The number of ether oxygens (including phenoxy) is 1. The van der Waals surface area contributed by atoms with E-state index in [-0.39, 0.29) is 23.6 Å². The molecule has 1 aliphatic heterocycles. The van der Waals surface area contributed by atoms with Crippen LogP contribution in [0.15, 0.2) is 35.1 Å². The average Bonchev–Trinajstić information content (AvgIpc) is 3.50. The lowest BCUT2D eigenvalue weighted by Gasteiger charge is -2.32. The molecule has 1 atom stereocenters. The van der Waals surface area contributed by atoms with Crippen molar-refractivity contribution in [2.24, 2.45) is 0 Å². The number of amides is 1. The van der Waals surface area contributed by atoms with E-state index in [1.165, 1.54) is 4.68 Å². The Morgan fingerprint density at radius 3 is 2.70 bits per heavy atom. The van der Waals surface area contributed by atoms with Crippen molar-refractivity contribution >= 4 is 5.91 Å². The minimum absolute atomic E-state index is 0.0453. The van der Waals surface area contributed by atoms with Gasteiger partial charge in [0, 0.05) is 37.7 Å². The van der Waals surface area contributed by atoms with E-state index in [4.69, 9.17) is 4.74 Å². The molecule has 7 heteroatoms. The van der Waals surface area contributed by atoms with Gasteiger partial charge in [-0.25, -0.2) is 9.48 Å². The van der Waals surface area contributed by atoms with Crippen molar-refractivity contribution in [2.75, 3.05) is 26.8 Å². The number of hydrogen-bond acceptors (Lipinski definition) is 4. The van der Waals surface area contributed by atoms with Crippen LogP contribution in [0.2, 0.25) is 0 Å². The monoisotopic (exact) mass is 370 g/mol. The van der Waals surface area contributed by atoms with Crippen LogP contribution in [0.5, 0.6) is 0 Å². The van der Waals surface area contributed by atoms with Crippen molar-refractivity contribution in [2.45, 2.75) is 44.2 Å². The number of rotatable bonds is 6. The first kappa shape index (κ1) is 18.0. The van der Waals surface area contributed by atoms with Crippen LogP contribution >= 0.6 is 0 Å². The molecule has 1 saturated carbocycles. The predicted molar refractivity (Wildman–Crippen MR) is 101 cm³/mol. The second kappa shape index (κ2) is 7.68. The van der Waals surface area contributed by atoms with Crippen molar-refractivity contribution in [3.05, 3.63) is 52.2 Å². The van der Waals surface area contributed by atoms with Gasteiger partial charge in [0.25, 0.3) is 5.91 Å². The number of methoxy groups -OCH3 is 1. The molecule has 0 radical (unpaired) electrons. The van der Waals surface area contributed by atoms with E-state index in [1.54, 1.807) is 7.11 Å². The highest BCUT2D eigenvalue weighted by Crippen LogP contribution is 2.37. The summed E-state index contributed by atoms with van der Waals surface area (Å²) < 4.78 is 8.50. The summed E-state index contributed by atoms with van der Waals surface area (Å²) in [5.74, 6) is 0.993. The molecule has 0 bridgehead atoms. The Morgan fingerprint density at radius 1 is 1.22 bits per heavy atom. The molecule has 1 saturated heterocycles.